The molecule has 4 rings (SSSR count). The Morgan fingerprint density at radius 3 is 2.38 bits per heavy atom. The second-order valence-corrected chi connectivity index (χ2v) is 10.1. The highest BCUT2D eigenvalue weighted by Crippen LogP contribution is 2.32. The van der Waals surface area contributed by atoms with E-state index in [0.29, 0.717) is 29.8 Å². The van der Waals surface area contributed by atoms with Gasteiger partial charge in [-0.15, -0.1) is 0 Å². The van der Waals surface area contributed by atoms with Crippen LogP contribution in [0.1, 0.15) is 43.2 Å². The standard InChI is InChI=1S/C28H35ClN2O3/c1-20-8-3-4-9-23(20)18-25(30(2)28(33)22-10-7-11-22)21-14-16-31(17-15-21)27(32)19-34-26-13-6-5-12-24(26)29/h3-6,8-9,12-13,21-22,25H,7,10-11,14-19H2,1-2H3. The summed E-state index contributed by atoms with van der Waals surface area (Å²) in [5.41, 5.74) is 2.56. The molecule has 2 fully saturated rings. The molecule has 1 saturated carbocycles. The summed E-state index contributed by atoms with van der Waals surface area (Å²) < 4.78 is 5.66. The lowest BCUT2D eigenvalue weighted by Crippen LogP contribution is -2.51. The third kappa shape index (κ3) is 5.75. The van der Waals surface area contributed by atoms with E-state index in [1.165, 1.54) is 11.1 Å². The van der Waals surface area contributed by atoms with Crippen LogP contribution in [0.15, 0.2) is 48.5 Å². The molecule has 1 aliphatic carbocycles. The second kappa shape index (κ2) is 11.3. The number of nitrogens with zero attached hydrogens (tertiary/aromatic N) is 2. The second-order valence-electron chi connectivity index (χ2n) is 9.71. The van der Waals surface area contributed by atoms with Gasteiger partial charge in [0, 0.05) is 32.1 Å². The summed E-state index contributed by atoms with van der Waals surface area (Å²) in [6, 6.07) is 15.8. The molecule has 2 aliphatic rings. The molecule has 0 radical (unpaired) electrons. The number of aryl methyl sites for hydroxylation is 1. The van der Waals surface area contributed by atoms with Crippen molar-refractivity contribution in [3.8, 4) is 5.75 Å². The largest absolute Gasteiger partial charge is 0.482 e. The topological polar surface area (TPSA) is 49.9 Å². The summed E-state index contributed by atoms with van der Waals surface area (Å²) in [7, 11) is 1.98. The lowest BCUT2D eigenvalue weighted by Gasteiger charge is -2.42. The molecule has 2 aromatic carbocycles. The van der Waals surface area contributed by atoms with Gasteiger partial charge in [0.15, 0.2) is 6.61 Å². The fraction of sp³-hybridized carbons (Fsp3) is 0.500. The summed E-state index contributed by atoms with van der Waals surface area (Å²) in [5.74, 6) is 1.35. The van der Waals surface area contributed by atoms with Crippen LogP contribution in [0.5, 0.6) is 5.75 Å². The van der Waals surface area contributed by atoms with Crippen LogP contribution in [0.4, 0.5) is 0 Å². The number of para-hydroxylation sites is 1. The van der Waals surface area contributed by atoms with Crippen LogP contribution < -0.4 is 4.74 Å². The molecular weight excluding hydrogens is 448 g/mol. The highest BCUT2D eigenvalue weighted by atomic mass is 35.5. The molecule has 1 aliphatic heterocycles. The minimum atomic E-state index is -0.0206. The minimum Gasteiger partial charge on any atom is -0.482 e. The van der Waals surface area contributed by atoms with Crippen molar-refractivity contribution >= 4 is 23.4 Å². The van der Waals surface area contributed by atoms with E-state index in [1.807, 2.05) is 29.0 Å². The fourth-order valence-corrected chi connectivity index (χ4v) is 5.31. The molecule has 1 heterocycles. The van der Waals surface area contributed by atoms with Crippen molar-refractivity contribution in [1.29, 1.82) is 0 Å². The van der Waals surface area contributed by atoms with Crippen molar-refractivity contribution < 1.29 is 14.3 Å². The van der Waals surface area contributed by atoms with E-state index in [9.17, 15) is 9.59 Å². The summed E-state index contributed by atoms with van der Waals surface area (Å²) in [4.78, 5) is 29.8. The van der Waals surface area contributed by atoms with Crippen LogP contribution in [0.25, 0.3) is 0 Å². The SMILES string of the molecule is Cc1ccccc1CC(C1CCN(C(=O)COc2ccccc2Cl)CC1)N(C)C(=O)C1CCC1. The van der Waals surface area contributed by atoms with Crippen molar-refractivity contribution in [2.45, 2.75) is 51.5 Å². The number of rotatable bonds is 8. The van der Waals surface area contributed by atoms with Crippen LogP contribution in [0.3, 0.4) is 0 Å². The highest BCUT2D eigenvalue weighted by Gasteiger charge is 2.36. The monoisotopic (exact) mass is 482 g/mol. The summed E-state index contributed by atoms with van der Waals surface area (Å²) in [5, 5.41) is 0.507. The first-order chi connectivity index (χ1) is 16.4. The van der Waals surface area contributed by atoms with Crippen molar-refractivity contribution in [2.75, 3.05) is 26.7 Å². The van der Waals surface area contributed by atoms with Gasteiger partial charge in [-0.05, 0) is 68.2 Å². The summed E-state index contributed by atoms with van der Waals surface area (Å²) in [6.07, 6.45) is 5.81. The maximum absolute atomic E-state index is 13.1. The number of hydrogen-bond donors (Lipinski definition) is 0. The van der Waals surface area contributed by atoms with E-state index >= 15 is 0 Å². The lowest BCUT2D eigenvalue weighted by molar-refractivity contribution is -0.142. The molecule has 182 valence electrons. The van der Waals surface area contributed by atoms with Crippen molar-refractivity contribution in [3.05, 3.63) is 64.7 Å². The zero-order valence-corrected chi connectivity index (χ0v) is 21.0. The number of carbonyl (C=O) groups excluding carboxylic acids is 2. The van der Waals surface area contributed by atoms with Crippen molar-refractivity contribution in [2.24, 2.45) is 11.8 Å². The van der Waals surface area contributed by atoms with Gasteiger partial charge >= 0.3 is 0 Å². The van der Waals surface area contributed by atoms with E-state index in [1.54, 1.807) is 12.1 Å². The van der Waals surface area contributed by atoms with Crippen molar-refractivity contribution in [1.82, 2.24) is 9.80 Å². The summed E-state index contributed by atoms with van der Waals surface area (Å²) >= 11 is 6.13. The molecular formula is C28H35ClN2O3. The maximum Gasteiger partial charge on any atom is 0.260 e. The average Bonchev–Trinajstić information content (AvgIpc) is 2.81. The van der Waals surface area contributed by atoms with Gasteiger partial charge in [0.05, 0.1) is 5.02 Å². The minimum absolute atomic E-state index is 0.0128. The molecule has 0 bridgehead atoms. The first-order valence-electron chi connectivity index (χ1n) is 12.4. The fourth-order valence-electron chi connectivity index (χ4n) is 5.12. The van der Waals surface area contributed by atoms with Crippen molar-refractivity contribution in [3.63, 3.8) is 0 Å². The van der Waals surface area contributed by atoms with Crippen LogP contribution >= 0.6 is 11.6 Å². The lowest BCUT2D eigenvalue weighted by atomic mass is 9.81. The maximum atomic E-state index is 13.1. The van der Waals surface area contributed by atoms with E-state index in [2.05, 4.69) is 31.2 Å². The Hall–Kier alpha value is -2.53. The van der Waals surface area contributed by atoms with E-state index in [4.69, 9.17) is 16.3 Å². The van der Waals surface area contributed by atoms with E-state index in [-0.39, 0.29) is 30.4 Å². The molecule has 6 heteroatoms. The number of halogens is 1. The Bertz CT molecular complexity index is 999. The molecule has 2 amide bonds. The molecule has 0 aromatic heterocycles. The van der Waals surface area contributed by atoms with Gasteiger partial charge in [-0.3, -0.25) is 9.59 Å². The smallest absolute Gasteiger partial charge is 0.260 e. The Balaban J connectivity index is 1.38. The first kappa shape index (κ1) is 24.6. The number of ether oxygens (including phenoxy) is 1. The predicted molar refractivity (Wildman–Crippen MR) is 135 cm³/mol. The van der Waals surface area contributed by atoms with Gasteiger partial charge in [0.1, 0.15) is 5.75 Å². The van der Waals surface area contributed by atoms with Crippen LogP contribution in [0, 0.1) is 18.8 Å². The molecule has 0 spiro atoms. The Kier molecular flexibility index (Phi) is 8.15. The molecule has 1 saturated heterocycles. The van der Waals surface area contributed by atoms with Gasteiger partial charge in [-0.1, -0.05) is 54.4 Å². The number of piperidine rings is 1. The number of likely N-dealkylation sites (N-methyl/N-ethyl adjacent to an activating group) is 1. The predicted octanol–water partition coefficient (Wildman–Crippen LogP) is 5.14. The third-order valence-electron chi connectivity index (χ3n) is 7.61. The quantitative estimate of drug-likeness (QED) is 0.523. The molecule has 1 unspecified atom stereocenters. The number of likely N-dealkylation sites (tertiary alicyclic amines) is 1. The Morgan fingerprint density at radius 2 is 1.74 bits per heavy atom. The third-order valence-corrected chi connectivity index (χ3v) is 7.93. The number of benzene rings is 2. The Morgan fingerprint density at radius 1 is 1.06 bits per heavy atom. The number of hydrogen-bond acceptors (Lipinski definition) is 3. The normalized spacial score (nSPS) is 17.7. The van der Waals surface area contributed by atoms with Crippen LogP contribution in [-0.2, 0) is 16.0 Å². The van der Waals surface area contributed by atoms with Crippen LogP contribution in [-0.4, -0.2) is 54.4 Å². The number of amides is 2. The molecule has 1 atom stereocenters. The first-order valence-corrected chi connectivity index (χ1v) is 12.8. The van der Waals surface area contributed by atoms with E-state index in [0.717, 1.165) is 38.5 Å². The van der Waals surface area contributed by atoms with Gasteiger partial charge < -0.3 is 14.5 Å². The number of carbonyl (C=O) groups is 2. The van der Waals surface area contributed by atoms with Gasteiger partial charge in [-0.2, -0.15) is 0 Å². The zero-order valence-electron chi connectivity index (χ0n) is 20.2. The molecule has 5 nitrogen and oxygen atoms in total. The molecule has 2 aromatic rings. The van der Waals surface area contributed by atoms with Gasteiger partial charge in [-0.25, -0.2) is 0 Å². The van der Waals surface area contributed by atoms with E-state index < -0.39 is 0 Å². The zero-order chi connectivity index (χ0) is 24.1. The van der Waals surface area contributed by atoms with Gasteiger partial charge in [0.2, 0.25) is 5.91 Å². The van der Waals surface area contributed by atoms with Gasteiger partial charge in [0.25, 0.3) is 5.91 Å². The molecule has 0 N–H and O–H groups in total. The Labute approximate surface area is 208 Å². The highest BCUT2D eigenvalue weighted by molar-refractivity contribution is 6.32. The van der Waals surface area contributed by atoms with Crippen LogP contribution in [0.2, 0.25) is 5.02 Å². The average molecular weight is 483 g/mol. The molecule has 34 heavy (non-hydrogen) atoms. The summed E-state index contributed by atoms with van der Waals surface area (Å²) in [6.45, 7) is 3.50.